The number of likely N-dealkylation sites (tertiary alicyclic amines) is 1. The van der Waals surface area contributed by atoms with E-state index in [0.29, 0.717) is 39.8 Å². The Balaban J connectivity index is 1.80. The highest BCUT2D eigenvalue weighted by atomic mass is 32.1. The third kappa shape index (κ3) is 4.06. The molecule has 0 bridgehead atoms. The number of nitrogens with two attached hydrogens (primary N) is 1. The van der Waals surface area contributed by atoms with Crippen LogP contribution in [0.15, 0.2) is 48.5 Å². The molecule has 1 amide bonds. The fourth-order valence-corrected chi connectivity index (χ4v) is 4.71. The van der Waals surface area contributed by atoms with Gasteiger partial charge in [0.25, 0.3) is 5.91 Å². The molecule has 1 unspecified atom stereocenters. The number of nitrogens with zero attached hydrogens (tertiary/aromatic N) is 2. The molecule has 0 saturated carbocycles. The smallest absolute Gasteiger partial charge is 0.274 e. The van der Waals surface area contributed by atoms with Gasteiger partial charge in [-0.05, 0) is 49.1 Å². The van der Waals surface area contributed by atoms with Crippen molar-refractivity contribution in [1.29, 1.82) is 0 Å². The highest BCUT2D eigenvalue weighted by molar-refractivity contribution is 7.18. The third-order valence-electron chi connectivity index (χ3n) is 5.17. The average Bonchev–Trinajstić information content (AvgIpc) is 3.19. The predicted molar refractivity (Wildman–Crippen MR) is 111 cm³/mol. The van der Waals surface area contributed by atoms with Crippen LogP contribution in [0.25, 0.3) is 21.0 Å². The number of rotatable bonds is 4. The van der Waals surface area contributed by atoms with Gasteiger partial charge in [0.1, 0.15) is 22.3 Å². The number of carbonyl (C=O) groups is 1. The maximum atomic E-state index is 13.7. The molecule has 1 aliphatic heterocycles. The van der Waals surface area contributed by atoms with Gasteiger partial charge in [0.2, 0.25) is 0 Å². The second-order valence-corrected chi connectivity index (χ2v) is 8.10. The molecule has 7 heteroatoms. The maximum Gasteiger partial charge on any atom is 0.274 e. The average molecular weight is 413 g/mol. The molecular formula is C22H21F2N3OS. The van der Waals surface area contributed by atoms with Crippen LogP contribution in [0.4, 0.5) is 8.78 Å². The topological polar surface area (TPSA) is 59.2 Å². The quantitative estimate of drug-likeness (QED) is 0.674. The maximum absolute atomic E-state index is 13.7. The zero-order chi connectivity index (χ0) is 20.4. The van der Waals surface area contributed by atoms with E-state index in [0.717, 1.165) is 19.3 Å². The zero-order valence-electron chi connectivity index (χ0n) is 15.8. The Labute approximate surface area is 172 Å². The van der Waals surface area contributed by atoms with E-state index in [4.69, 9.17) is 5.73 Å². The lowest BCUT2D eigenvalue weighted by molar-refractivity contribution is 0.0619. The fraction of sp³-hybridized carbons (Fsp3) is 0.273. The predicted octanol–water partition coefficient (Wildman–Crippen LogP) is 4.71. The van der Waals surface area contributed by atoms with E-state index in [2.05, 4.69) is 4.98 Å². The minimum Gasteiger partial charge on any atom is -0.333 e. The number of piperidine rings is 1. The molecule has 1 aromatic heterocycles. The van der Waals surface area contributed by atoms with E-state index < -0.39 is 0 Å². The van der Waals surface area contributed by atoms with Crippen LogP contribution >= 0.6 is 11.3 Å². The highest BCUT2D eigenvalue weighted by Gasteiger charge is 2.30. The lowest BCUT2D eigenvalue weighted by atomic mass is 10.0. The van der Waals surface area contributed by atoms with Gasteiger partial charge in [-0.2, -0.15) is 0 Å². The van der Waals surface area contributed by atoms with Gasteiger partial charge in [-0.15, -0.1) is 11.3 Å². The molecule has 2 aromatic carbocycles. The molecule has 3 aromatic rings. The summed E-state index contributed by atoms with van der Waals surface area (Å²) in [5.74, 6) is -0.901. The lowest BCUT2D eigenvalue weighted by Gasteiger charge is -2.34. The van der Waals surface area contributed by atoms with Crippen LogP contribution < -0.4 is 5.73 Å². The largest absolute Gasteiger partial charge is 0.333 e. The van der Waals surface area contributed by atoms with Crippen LogP contribution in [0.1, 0.15) is 29.8 Å². The van der Waals surface area contributed by atoms with E-state index in [-0.39, 0.29) is 23.6 Å². The summed E-state index contributed by atoms with van der Waals surface area (Å²) < 4.78 is 27.1. The number of hydrogen-bond acceptors (Lipinski definition) is 4. The number of aromatic nitrogens is 1. The number of thiazole rings is 1. The summed E-state index contributed by atoms with van der Waals surface area (Å²) in [6.45, 7) is 1.04. The summed E-state index contributed by atoms with van der Waals surface area (Å²) in [5.41, 5.74) is 7.51. The molecule has 1 aliphatic rings. The van der Waals surface area contributed by atoms with E-state index in [9.17, 15) is 13.6 Å². The van der Waals surface area contributed by atoms with Crippen molar-refractivity contribution < 1.29 is 13.6 Å². The number of hydrogen-bond donors (Lipinski definition) is 1. The minimum absolute atomic E-state index is 0.0170. The second-order valence-electron chi connectivity index (χ2n) is 7.10. The summed E-state index contributed by atoms with van der Waals surface area (Å²) >= 11 is 1.30. The molecular weight excluding hydrogens is 392 g/mol. The third-order valence-corrected chi connectivity index (χ3v) is 6.32. The molecule has 2 heterocycles. The van der Waals surface area contributed by atoms with Crippen LogP contribution in [-0.4, -0.2) is 34.9 Å². The first kappa shape index (κ1) is 19.7. The number of benzene rings is 2. The normalized spacial score (nSPS) is 16.8. The Bertz CT molecular complexity index is 1020. The number of carbonyl (C=O) groups excluding carboxylic acids is 1. The molecule has 29 heavy (non-hydrogen) atoms. The first-order valence-corrected chi connectivity index (χ1v) is 10.4. The van der Waals surface area contributed by atoms with Crippen molar-refractivity contribution in [2.45, 2.75) is 25.3 Å². The van der Waals surface area contributed by atoms with E-state index in [1.807, 2.05) is 0 Å². The van der Waals surface area contributed by atoms with Gasteiger partial charge in [-0.25, -0.2) is 13.8 Å². The summed E-state index contributed by atoms with van der Waals surface area (Å²) in [4.78, 5) is 20.4. The Morgan fingerprint density at radius 2 is 1.90 bits per heavy atom. The van der Waals surface area contributed by atoms with Gasteiger partial charge < -0.3 is 10.6 Å². The molecule has 1 atom stereocenters. The van der Waals surface area contributed by atoms with E-state index >= 15 is 0 Å². The molecule has 4 nitrogen and oxygen atoms in total. The van der Waals surface area contributed by atoms with Gasteiger partial charge in [0.05, 0.1) is 4.88 Å². The van der Waals surface area contributed by atoms with Crippen LogP contribution in [0.2, 0.25) is 0 Å². The van der Waals surface area contributed by atoms with E-state index in [1.165, 1.54) is 35.6 Å². The standard InChI is InChI=1S/C22H21F2N3OS/c23-16-9-7-14(8-10-16)20-19(22(28)27-11-2-1-6-18(27)13-25)26-21(29-20)15-4-3-5-17(24)12-15/h3-5,7-10,12,18H,1-2,6,11,13,25H2. The monoisotopic (exact) mass is 413 g/mol. The van der Waals surface area contributed by atoms with Gasteiger partial charge >= 0.3 is 0 Å². The molecule has 0 aliphatic carbocycles. The first-order chi connectivity index (χ1) is 14.1. The SMILES string of the molecule is NCC1CCCCN1C(=O)c1nc(-c2cccc(F)c2)sc1-c1ccc(F)cc1. The summed E-state index contributed by atoms with van der Waals surface area (Å²) in [6.07, 6.45) is 2.84. The van der Waals surface area contributed by atoms with Gasteiger partial charge in [0.15, 0.2) is 0 Å². The molecule has 1 saturated heterocycles. The van der Waals surface area contributed by atoms with Crippen molar-refractivity contribution in [3.63, 3.8) is 0 Å². The Kier molecular flexibility index (Phi) is 5.69. The Morgan fingerprint density at radius 3 is 2.62 bits per heavy atom. The van der Waals surface area contributed by atoms with Crippen molar-refractivity contribution >= 4 is 17.2 Å². The van der Waals surface area contributed by atoms with Crippen LogP contribution in [-0.2, 0) is 0 Å². The first-order valence-electron chi connectivity index (χ1n) is 9.60. The van der Waals surface area contributed by atoms with Crippen molar-refractivity contribution in [3.05, 3.63) is 65.9 Å². The molecule has 1 fully saturated rings. The van der Waals surface area contributed by atoms with Gasteiger partial charge in [0, 0.05) is 24.7 Å². The summed E-state index contributed by atoms with van der Waals surface area (Å²) in [6, 6.07) is 12.1. The van der Waals surface area contributed by atoms with Crippen molar-refractivity contribution in [2.75, 3.05) is 13.1 Å². The summed E-state index contributed by atoms with van der Waals surface area (Å²) in [7, 11) is 0. The summed E-state index contributed by atoms with van der Waals surface area (Å²) in [5, 5.41) is 0.550. The Morgan fingerprint density at radius 1 is 1.10 bits per heavy atom. The minimum atomic E-state index is -0.367. The Hall–Kier alpha value is -2.64. The number of halogens is 2. The van der Waals surface area contributed by atoms with Crippen molar-refractivity contribution in [2.24, 2.45) is 5.73 Å². The van der Waals surface area contributed by atoms with Gasteiger partial charge in [-0.3, -0.25) is 4.79 Å². The van der Waals surface area contributed by atoms with Crippen molar-refractivity contribution in [3.8, 4) is 21.0 Å². The van der Waals surface area contributed by atoms with E-state index in [1.54, 1.807) is 29.2 Å². The molecule has 150 valence electrons. The van der Waals surface area contributed by atoms with Gasteiger partial charge in [-0.1, -0.05) is 24.3 Å². The molecule has 0 radical (unpaired) electrons. The van der Waals surface area contributed by atoms with Crippen LogP contribution in [0.3, 0.4) is 0 Å². The molecule has 4 rings (SSSR count). The van der Waals surface area contributed by atoms with Crippen LogP contribution in [0, 0.1) is 11.6 Å². The van der Waals surface area contributed by atoms with Crippen molar-refractivity contribution in [1.82, 2.24) is 9.88 Å². The zero-order valence-corrected chi connectivity index (χ0v) is 16.6. The molecule has 0 spiro atoms. The fourth-order valence-electron chi connectivity index (χ4n) is 3.66. The lowest BCUT2D eigenvalue weighted by Crippen LogP contribution is -2.47. The number of amides is 1. The second kappa shape index (κ2) is 8.39. The molecule has 2 N–H and O–H groups in total. The van der Waals surface area contributed by atoms with Crippen LogP contribution in [0.5, 0.6) is 0 Å². The highest BCUT2D eigenvalue weighted by Crippen LogP contribution is 2.37.